The van der Waals surface area contributed by atoms with Crippen LogP contribution >= 0.6 is 11.3 Å². The summed E-state index contributed by atoms with van der Waals surface area (Å²) in [6.45, 7) is 0. The van der Waals surface area contributed by atoms with Crippen molar-refractivity contribution in [3.8, 4) is 11.5 Å². The predicted molar refractivity (Wildman–Crippen MR) is 67.2 cm³/mol. The highest BCUT2D eigenvalue weighted by Crippen LogP contribution is 2.31. The number of nitrogen functional groups attached to an aromatic ring is 1. The third-order valence-electron chi connectivity index (χ3n) is 2.08. The van der Waals surface area contributed by atoms with Crippen LogP contribution in [0.2, 0.25) is 0 Å². The van der Waals surface area contributed by atoms with Gasteiger partial charge in [-0.2, -0.15) is 0 Å². The van der Waals surface area contributed by atoms with E-state index in [1.807, 2.05) is 18.2 Å². The van der Waals surface area contributed by atoms with Gasteiger partial charge in [0.15, 0.2) is 11.5 Å². The zero-order valence-electron chi connectivity index (χ0n) is 9.43. The van der Waals surface area contributed by atoms with Crippen LogP contribution in [0.15, 0.2) is 18.2 Å². The Morgan fingerprint density at radius 2 is 1.94 bits per heavy atom. The molecule has 2 aromatic rings. The lowest BCUT2D eigenvalue weighted by molar-refractivity contribution is 0.355. The molecule has 2 rings (SSSR count). The second-order valence-electron chi connectivity index (χ2n) is 3.14. The van der Waals surface area contributed by atoms with Crippen molar-refractivity contribution in [1.29, 1.82) is 0 Å². The average Bonchev–Trinajstić information content (AvgIpc) is 2.74. The number of hydrogen-bond acceptors (Lipinski definition) is 7. The molecule has 0 saturated carbocycles. The second-order valence-corrected chi connectivity index (χ2v) is 4.15. The summed E-state index contributed by atoms with van der Waals surface area (Å²) in [4.78, 5) is 0. The number of nitrogens with two attached hydrogens (primary N) is 1. The monoisotopic (exact) mass is 252 g/mol. The van der Waals surface area contributed by atoms with E-state index in [1.165, 1.54) is 11.3 Å². The first-order valence-electron chi connectivity index (χ1n) is 4.81. The number of methoxy groups -OCH3 is 2. The van der Waals surface area contributed by atoms with Crippen molar-refractivity contribution >= 4 is 27.3 Å². The van der Waals surface area contributed by atoms with Gasteiger partial charge in [-0.1, -0.05) is 11.3 Å². The van der Waals surface area contributed by atoms with Gasteiger partial charge in [-0.05, 0) is 12.1 Å². The molecule has 0 bridgehead atoms. The molecule has 6 nitrogen and oxygen atoms in total. The molecule has 0 radical (unpaired) electrons. The summed E-state index contributed by atoms with van der Waals surface area (Å²) in [6.07, 6.45) is 0. The van der Waals surface area contributed by atoms with E-state index in [-0.39, 0.29) is 0 Å². The number of anilines is 3. The van der Waals surface area contributed by atoms with E-state index < -0.39 is 0 Å². The first-order chi connectivity index (χ1) is 8.22. The second kappa shape index (κ2) is 4.88. The Morgan fingerprint density at radius 3 is 2.53 bits per heavy atom. The molecule has 0 aliphatic rings. The summed E-state index contributed by atoms with van der Waals surface area (Å²) >= 11 is 1.28. The molecule has 1 heterocycles. The first kappa shape index (κ1) is 11.5. The number of nitrogens with zero attached hydrogens (tertiary/aromatic N) is 2. The van der Waals surface area contributed by atoms with Crippen molar-refractivity contribution in [1.82, 2.24) is 10.2 Å². The molecular weight excluding hydrogens is 240 g/mol. The highest BCUT2D eigenvalue weighted by atomic mass is 32.1. The van der Waals surface area contributed by atoms with Crippen molar-refractivity contribution in [2.45, 2.75) is 0 Å². The third kappa shape index (κ3) is 2.56. The average molecular weight is 252 g/mol. The molecule has 1 aromatic carbocycles. The van der Waals surface area contributed by atoms with Gasteiger partial charge in [-0.3, -0.25) is 0 Å². The fourth-order valence-corrected chi connectivity index (χ4v) is 1.85. The lowest BCUT2D eigenvalue weighted by Crippen LogP contribution is -1.94. The van der Waals surface area contributed by atoms with Gasteiger partial charge in [0.1, 0.15) is 0 Å². The highest BCUT2D eigenvalue weighted by Gasteiger charge is 2.06. The quantitative estimate of drug-likeness (QED) is 0.864. The van der Waals surface area contributed by atoms with Gasteiger partial charge in [-0.25, -0.2) is 0 Å². The molecule has 7 heteroatoms. The molecule has 0 spiro atoms. The van der Waals surface area contributed by atoms with Gasteiger partial charge in [0.2, 0.25) is 10.3 Å². The van der Waals surface area contributed by atoms with Crippen LogP contribution < -0.4 is 20.5 Å². The normalized spacial score (nSPS) is 10.0. The largest absolute Gasteiger partial charge is 0.493 e. The fourth-order valence-electron chi connectivity index (χ4n) is 1.32. The van der Waals surface area contributed by atoms with E-state index in [9.17, 15) is 0 Å². The van der Waals surface area contributed by atoms with Crippen molar-refractivity contribution in [2.24, 2.45) is 0 Å². The van der Waals surface area contributed by atoms with Gasteiger partial charge in [0, 0.05) is 11.8 Å². The molecule has 1 aromatic heterocycles. The maximum atomic E-state index is 5.49. The van der Waals surface area contributed by atoms with Gasteiger partial charge in [0.25, 0.3) is 0 Å². The summed E-state index contributed by atoms with van der Waals surface area (Å²) in [5.41, 5.74) is 6.33. The summed E-state index contributed by atoms with van der Waals surface area (Å²) in [7, 11) is 3.18. The Hall–Kier alpha value is -2.02. The van der Waals surface area contributed by atoms with Crippen LogP contribution in [0.1, 0.15) is 0 Å². The van der Waals surface area contributed by atoms with E-state index in [1.54, 1.807) is 14.2 Å². The number of benzene rings is 1. The number of aromatic nitrogens is 2. The molecule has 3 N–H and O–H groups in total. The zero-order valence-corrected chi connectivity index (χ0v) is 10.2. The van der Waals surface area contributed by atoms with Gasteiger partial charge in [0.05, 0.1) is 14.2 Å². The summed E-state index contributed by atoms with van der Waals surface area (Å²) in [5, 5.41) is 11.7. The van der Waals surface area contributed by atoms with Crippen molar-refractivity contribution in [3.63, 3.8) is 0 Å². The molecule has 90 valence electrons. The van der Waals surface area contributed by atoms with Crippen LogP contribution in [0.3, 0.4) is 0 Å². The molecule has 0 saturated heterocycles. The SMILES string of the molecule is COc1ccc(Nc2nnc(N)s2)cc1OC. The molecule has 0 aliphatic carbocycles. The van der Waals surface area contributed by atoms with Crippen LogP contribution in [-0.2, 0) is 0 Å². The minimum Gasteiger partial charge on any atom is -0.493 e. The van der Waals surface area contributed by atoms with E-state index >= 15 is 0 Å². The standard InChI is InChI=1S/C10H12N4O2S/c1-15-7-4-3-6(5-8(7)16-2)12-10-14-13-9(11)17-10/h3-5H,1-2H3,(H2,11,13)(H,12,14). The van der Waals surface area contributed by atoms with Crippen molar-refractivity contribution in [2.75, 3.05) is 25.3 Å². The molecule has 0 unspecified atom stereocenters. The Labute approximate surface area is 102 Å². The van der Waals surface area contributed by atoms with Crippen molar-refractivity contribution < 1.29 is 9.47 Å². The van der Waals surface area contributed by atoms with E-state index in [4.69, 9.17) is 15.2 Å². The molecular formula is C10H12N4O2S. The molecule has 0 fully saturated rings. The summed E-state index contributed by atoms with van der Waals surface area (Å²) in [6, 6.07) is 5.49. The minimum atomic E-state index is 0.424. The Bertz CT molecular complexity index is 515. The topological polar surface area (TPSA) is 82.3 Å². The summed E-state index contributed by atoms with van der Waals surface area (Å²) in [5.74, 6) is 1.32. The summed E-state index contributed by atoms with van der Waals surface area (Å²) < 4.78 is 10.3. The number of ether oxygens (including phenoxy) is 2. The maximum absolute atomic E-state index is 5.49. The van der Waals surface area contributed by atoms with E-state index in [0.29, 0.717) is 21.8 Å². The first-order valence-corrected chi connectivity index (χ1v) is 5.62. The molecule has 17 heavy (non-hydrogen) atoms. The molecule has 0 amide bonds. The predicted octanol–water partition coefficient (Wildman–Crippen LogP) is 1.88. The van der Waals surface area contributed by atoms with E-state index in [0.717, 1.165) is 5.69 Å². The van der Waals surface area contributed by atoms with Gasteiger partial charge < -0.3 is 20.5 Å². The maximum Gasteiger partial charge on any atom is 0.211 e. The highest BCUT2D eigenvalue weighted by molar-refractivity contribution is 7.18. The molecule has 0 atom stereocenters. The Morgan fingerprint density at radius 1 is 1.18 bits per heavy atom. The number of hydrogen-bond donors (Lipinski definition) is 2. The Kier molecular flexibility index (Phi) is 3.29. The third-order valence-corrected chi connectivity index (χ3v) is 2.74. The fraction of sp³-hybridized carbons (Fsp3) is 0.200. The van der Waals surface area contributed by atoms with Crippen LogP contribution in [0.4, 0.5) is 16.0 Å². The van der Waals surface area contributed by atoms with Crippen LogP contribution in [0.5, 0.6) is 11.5 Å². The smallest absolute Gasteiger partial charge is 0.211 e. The number of nitrogens with one attached hydrogen (secondary N) is 1. The van der Waals surface area contributed by atoms with Crippen LogP contribution in [-0.4, -0.2) is 24.4 Å². The lowest BCUT2D eigenvalue weighted by Gasteiger charge is -2.09. The van der Waals surface area contributed by atoms with Gasteiger partial charge in [-0.15, -0.1) is 10.2 Å². The lowest BCUT2D eigenvalue weighted by atomic mass is 10.3. The van der Waals surface area contributed by atoms with E-state index in [2.05, 4.69) is 15.5 Å². The van der Waals surface area contributed by atoms with Crippen molar-refractivity contribution in [3.05, 3.63) is 18.2 Å². The van der Waals surface area contributed by atoms with Crippen LogP contribution in [0.25, 0.3) is 0 Å². The van der Waals surface area contributed by atoms with Crippen LogP contribution in [0, 0.1) is 0 Å². The van der Waals surface area contributed by atoms with Gasteiger partial charge >= 0.3 is 0 Å². The zero-order chi connectivity index (χ0) is 12.3. The molecule has 0 aliphatic heterocycles. The Balaban J connectivity index is 2.22. The number of rotatable bonds is 4. The minimum absolute atomic E-state index is 0.424.